The molecule has 3 rings (SSSR count). The van der Waals surface area contributed by atoms with Crippen LogP contribution in [-0.4, -0.2) is 67.6 Å². The van der Waals surface area contributed by atoms with Crippen LogP contribution in [0.25, 0.3) is 22.1 Å². The highest BCUT2D eigenvalue weighted by Gasteiger charge is 2.31. The number of aliphatic carboxylic acids is 1. The van der Waals surface area contributed by atoms with Gasteiger partial charge in [-0.3, -0.25) is 4.79 Å². The number of hydrogen-bond donors (Lipinski definition) is 6. The average molecular weight is 447 g/mol. The summed E-state index contributed by atoms with van der Waals surface area (Å²) < 4.78 is 10.6. The molecule has 11 nitrogen and oxygen atoms in total. The molecule has 0 unspecified atom stereocenters. The highest BCUT2D eigenvalue weighted by atomic mass is 16.5. The molecule has 4 atom stereocenters. The van der Waals surface area contributed by atoms with E-state index < -0.39 is 48.2 Å². The van der Waals surface area contributed by atoms with E-state index in [1.807, 2.05) is 0 Å². The quantitative estimate of drug-likeness (QED) is 0.233. The molecule has 1 aromatic heterocycles. The number of benzene rings is 2. The van der Waals surface area contributed by atoms with Gasteiger partial charge in [0.25, 0.3) is 0 Å². The van der Waals surface area contributed by atoms with Gasteiger partial charge in [0.1, 0.15) is 54.0 Å². The molecule has 0 aliphatic carbocycles. The Labute approximate surface area is 179 Å². The number of carboxylic acid groups (broad SMARTS) is 1. The van der Waals surface area contributed by atoms with E-state index in [2.05, 4.69) is 0 Å². The van der Waals surface area contributed by atoms with Crippen molar-refractivity contribution in [2.24, 2.45) is 0 Å². The van der Waals surface area contributed by atoms with Gasteiger partial charge in [-0.25, -0.2) is 0 Å². The fraction of sp³-hybridized carbons (Fsp3) is 0.238. The summed E-state index contributed by atoms with van der Waals surface area (Å²) in [4.78, 5) is 23.5. The Morgan fingerprint density at radius 2 is 1.69 bits per heavy atom. The van der Waals surface area contributed by atoms with Crippen molar-refractivity contribution < 1.29 is 49.7 Å². The van der Waals surface area contributed by atoms with E-state index in [4.69, 9.17) is 9.15 Å². The van der Waals surface area contributed by atoms with Gasteiger partial charge >= 0.3 is 0 Å². The molecule has 32 heavy (non-hydrogen) atoms. The molecule has 0 aliphatic heterocycles. The van der Waals surface area contributed by atoms with Crippen molar-refractivity contribution in [1.29, 1.82) is 0 Å². The molecule has 170 valence electrons. The van der Waals surface area contributed by atoms with Gasteiger partial charge < -0.3 is 49.7 Å². The third-order valence-electron chi connectivity index (χ3n) is 4.79. The highest BCUT2D eigenvalue weighted by Crippen LogP contribution is 2.35. The zero-order valence-electron chi connectivity index (χ0n) is 16.3. The Kier molecular flexibility index (Phi) is 6.65. The molecule has 0 saturated carbocycles. The molecule has 0 radical (unpaired) electrons. The largest absolute Gasteiger partial charge is 0.547 e. The smallest absolute Gasteiger partial charge is 0.204 e. The summed E-state index contributed by atoms with van der Waals surface area (Å²) in [7, 11) is 0. The van der Waals surface area contributed by atoms with Gasteiger partial charge in [0.2, 0.25) is 5.43 Å². The summed E-state index contributed by atoms with van der Waals surface area (Å²) in [6, 6.07) is 8.53. The fourth-order valence-electron chi connectivity index (χ4n) is 3.01. The molecule has 1 heterocycles. The Morgan fingerprint density at radius 3 is 2.34 bits per heavy atom. The van der Waals surface area contributed by atoms with Crippen LogP contribution in [0.3, 0.4) is 0 Å². The Bertz CT molecular complexity index is 1190. The number of para-hydroxylation sites is 1. The number of aromatic hydroxyl groups is 2. The zero-order chi connectivity index (χ0) is 23.6. The van der Waals surface area contributed by atoms with E-state index in [1.165, 1.54) is 24.3 Å². The zero-order valence-corrected chi connectivity index (χ0v) is 16.3. The van der Waals surface area contributed by atoms with Crippen LogP contribution in [0.1, 0.15) is 0 Å². The van der Waals surface area contributed by atoms with E-state index in [-0.39, 0.29) is 33.6 Å². The molecule has 3 aromatic rings. The maximum absolute atomic E-state index is 12.9. The lowest BCUT2D eigenvalue weighted by atomic mass is 10.0. The minimum Gasteiger partial charge on any atom is -0.547 e. The summed E-state index contributed by atoms with van der Waals surface area (Å²) >= 11 is 0. The van der Waals surface area contributed by atoms with Gasteiger partial charge in [-0.2, -0.15) is 0 Å². The maximum atomic E-state index is 12.9. The lowest BCUT2D eigenvalue weighted by Gasteiger charge is -2.26. The Morgan fingerprint density at radius 1 is 1.00 bits per heavy atom. The van der Waals surface area contributed by atoms with Gasteiger partial charge in [-0.05, 0) is 18.2 Å². The highest BCUT2D eigenvalue weighted by molar-refractivity contribution is 5.89. The lowest BCUT2D eigenvalue weighted by molar-refractivity contribution is -0.320. The fourth-order valence-corrected chi connectivity index (χ4v) is 3.01. The summed E-state index contributed by atoms with van der Waals surface area (Å²) in [5.74, 6) is -3.17. The van der Waals surface area contributed by atoms with Gasteiger partial charge in [0.05, 0.1) is 11.5 Å². The molecular formula is C21H19O11-. The number of carbonyl (C=O) groups is 1. The number of phenols is 2. The van der Waals surface area contributed by atoms with E-state index in [9.17, 15) is 45.3 Å². The van der Waals surface area contributed by atoms with Crippen molar-refractivity contribution >= 4 is 16.9 Å². The third kappa shape index (κ3) is 4.36. The van der Waals surface area contributed by atoms with Gasteiger partial charge in [-0.15, -0.1) is 0 Å². The van der Waals surface area contributed by atoms with E-state index in [0.717, 1.165) is 6.26 Å². The second kappa shape index (κ2) is 9.24. The first-order valence-electron chi connectivity index (χ1n) is 9.25. The van der Waals surface area contributed by atoms with E-state index in [0.29, 0.717) is 0 Å². The van der Waals surface area contributed by atoms with Gasteiger partial charge in [0, 0.05) is 5.56 Å². The third-order valence-corrected chi connectivity index (χ3v) is 4.79. The van der Waals surface area contributed by atoms with Crippen LogP contribution < -0.4 is 15.3 Å². The van der Waals surface area contributed by atoms with Crippen LogP contribution in [-0.2, 0) is 4.79 Å². The molecular weight excluding hydrogens is 428 g/mol. The summed E-state index contributed by atoms with van der Waals surface area (Å²) in [5, 5.41) is 69.3. The van der Waals surface area contributed by atoms with Crippen LogP contribution in [0.2, 0.25) is 0 Å². The first-order valence-corrected chi connectivity index (χ1v) is 9.25. The molecule has 0 spiro atoms. The number of phenolic OH excluding ortho intramolecular Hbond substituents is 2. The molecule has 0 fully saturated rings. The van der Waals surface area contributed by atoms with E-state index >= 15 is 0 Å². The van der Waals surface area contributed by atoms with Crippen LogP contribution >= 0.6 is 0 Å². The number of hydrogen-bond acceptors (Lipinski definition) is 11. The number of carbonyl (C=O) groups excluding carboxylic acids is 1. The van der Waals surface area contributed by atoms with Crippen LogP contribution in [0.5, 0.6) is 17.2 Å². The maximum Gasteiger partial charge on any atom is 0.204 e. The molecule has 0 aliphatic rings. The Balaban J connectivity index is 1.88. The predicted molar refractivity (Wildman–Crippen MR) is 106 cm³/mol. The topological polar surface area (TPSA) is 201 Å². The van der Waals surface area contributed by atoms with Crippen molar-refractivity contribution in [3.63, 3.8) is 0 Å². The van der Waals surface area contributed by atoms with Crippen molar-refractivity contribution in [2.45, 2.75) is 24.4 Å². The van der Waals surface area contributed by atoms with Crippen molar-refractivity contribution in [2.75, 3.05) is 6.61 Å². The summed E-state index contributed by atoms with van der Waals surface area (Å²) in [5.41, 5.74) is -0.526. The van der Waals surface area contributed by atoms with Crippen molar-refractivity contribution in [3.8, 4) is 28.4 Å². The summed E-state index contributed by atoms with van der Waals surface area (Å²) in [6.45, 7) is -0.748. The van der Waals surface area contributed by atoms with Crippen LogP contribution in [0, 0.1) is 0 Å². The number of fused-ring (bicyclic) bond motifs is 1. The van der Waals surface area contributed by atoms with Crippen LogP contribution in [0.15, 0.2) is 51.9 Å². The van der Waals surface area contributed by atoms with Crippen molar-refractivity contribution in [3.05, 3.63) is 52.9 Å². The molecule has 2 aromatic carbocycles. The average Bonchev–Trinajstić information content (AvgIpc) is 2.77. The van der Waals surface area contributed by atoms with Gasteiger partial charge in [-0.1, -0.05) is 18.2 Å². The van der Waals surface area contributed by atoms with Crippen LogP contribution in [0.4, 0.5) is 0 Å². The van der Waals surface area contributed by atoms with Crippen molar-refractivity contribution in [1.82, 2.24) is 0 Å². The number of aliphatic hydroxyl groups is 4. The molecule has 6 N–H and O–H groups in total. The second-order valence-electron chi connectivity index (χ2n) is 6.90. The van der Waals surface area contributed by atoms with Gasteiger partial charge in [0.15, 0.2) is 11.5 Å². The van der Waals surface area contributed by atoms with E-state index in [1.54, 1.807) is 12.1 Å². The predicted octanol–water partition coefficient (Wildman–Crippen LogP) is -1.56. The first-order chi connectivity index (χ1) is 15.1. The molecule has 0 amide bonds. The molecule has 0 bridgehead atoms. The first kappa shape index (κ1) is 23.0. The number of ether oxygens (including phenoxy) is 1. The number of rotatable bonds is 8. The molecule has 11 heteroatoms. The number of aliphatic hydroxyl groups excluding tert-OH is 4. The Hall–Kier alpha value is -3.64. The second-order valence-corrected chi connectivity index (χ2v) is 6.90. The minimum absolute atomic E-state index is 0.00658. The summed E-state index contributed by atoms with van der Waals surface area (Å²) in [6.07, 6.45) is -7.59. The minimum atomic E-state index is -2.45. The number of carboxylic acids is 1. The SMILES string of the molecule is O=C([O-])[C@@H](O)[C@@H](O)[C@H](O)[C@@H](O)COc1ccc2occ(-c3ccccc3O)c(=O)c2c1O. The normalized spacial score (nSPS) is 15.1. The lowest BCUT2D eigenvalue weighted by Crippen LogP contribution is -2.52. The molecule has 0 saturated heterocycles. The standard InChI is InChI=1S/C21H20O11/c22-11-4-2-1-3-9(11)10-7-31-13-5-6-14(18(26)15(13)16(10)24)32-8-12(23)17(25)19(27)20(28)21(29)30/h1-7,12,17,19-20,22-23,25-28H,8H2,(H,29,30)/p-1/t12-,17+,19-,20-/m0/s1. The monoisotopic (exact) mass is 447 g/mol.